The fraction of sp³-hybridized carbons (Fsp3) is 0.324. The number of aromatic amines is 1. The average Bonchev–Trinajstić information content (AvgIpc) is 3.61. The first-order valence-electron chi connectivity index (χ1n) is 16.2. The molecule has 250 valence electrons. The van der Waals surface area contributed by atoms with Gasteiger partial charge in [0, 0.05) is 59.8 Å². The molecule has 3 amide bonds. The molecule has 1 saturated carbocycles. The van der Waals surface area contributed by atoms with E-state index in [0.29, 0.717) is 51.4 Å². The Morgan fingerprint density at radius 2 is 1.69 bits per heavy atom. The summed E-state index contributed by atoms with van der Waals surface area (Å²) in [5, 5.41) is 6.14. The Bertz CT molecular complexity index is 1890. The van der Waals surface area contributed by atoms with Crippen LogP contribution in [0.15, 0.2) is 60.4 Å². The maximum absolute atomic E-state index is 15.1. The number of urea groups is 1. The summed E-state index contributed by atoms with van der Waals surface area (Å²) in [5.41, 5.74) is 3.72. The number of halogens is 1. The second kappa shape index (κ2) is 13.9. The summed E-state index contributed by atoms with van der Waals surface area (Å²) < 4.78 is 26.5. The number of Topliss-reactive ketones (excluding diaryl/α,β-unsaturated/α-hetero) is 1. The van der Waals surface area contributed by atoms with Crippen LogP contribution in [-0.2, 0) is 0 Å². The smallest absolute Gasteiger partial charge is 0.323 e. The van der Waals surface area contributed by atoms with E-state index in [2.05, 4.69) is 15.6 Å². The minimum Gasteiger partial charge on any atom is -0.497 e. The minimum absolute atomic E-state index is 0.104. The largest absolute Gasteiger partial charge is 0.497 e. The van der Waals surface area contributed by atoms with Crippen molar-refractivity contribution in [2.75, 3.05) is 52.0 Å². The van der Waals surface area contributed by atoms with Crippen LogP contribution in [0.2, 0.25) is 0 Å². The number of hydrogen-bond acceptors (Lipinski definition) is 6. The van der Waals surface area contributed by atoms with Gasteiger partial charge in [-0.1, -0.05) is 19.3 Å². The van der Waals surface area contributed by atoms with Crippen LogP contribution in [0.1, 0.15) is 70.0 Å². The van der Waals surface area contributed by atoms with Gasteiger partial charge in [0.15, 0.2) is 11.6 Å². The highest BCUT2D eigenvalue weighted by Gasteiger charge is 2.30. The summed E-state index contributed by atoms with van der Waals surface area (Å²) in [7, 11) is 7.15. The molecule has 3 N–H and O–H groups in total. The number of anilines is 2. The van der Waals surface area contributed by atoms with Gasteiger partial charge in [-0.15, -0.1) is 0 Å². The Balaban J connectivity index is 1.17. The molecule has 0 unspecified atom stereocenters. The van der Waals surface area contributed by atoms with Crippen LogP contribution in [0.5, 0.6) is 11.5 Å². The van der Waals surface area contributed by atoms with Crippen molar-refractivity contribution in [2.24, 2.45) is 0 Å². The number of rotatable bonds is 9. The lowest BCUT2D eigenvalue weighted by atomic mass is 9.85. The number of allylic oxidation sites excluding steroid dienone is 1. The molecule has 10 nitrogen and oxygen atoms in total. The van der Waals surface area contributed by atoms with Crippen molar-refractivity contribution in [1.29, 1.82) is 0 Å². The molecule has 11 heteroatoms. The van der Waals surface area contributed by atoms with Gasteiger partial charge in [0.1, 0.15) is 11.5 Å². The number of fused-ring (bicyclic) bond motifs is 2. The lowest BCUT2D eigenvalue weighted by molar-refractivity contribution is 0.0786. The number of nitrogens with one attached hydrogen (secondary N) is 3. The van der Waals surface area contributed by atoms with Gasteiger partial charge in [-0.25, -0.2) is 9.18 Å². The van der Waals surface area contributed by atoms with E-state index >= 15 is 4.39 Å². The van der Waals surface area contributed by atoms with Gasteiger partial charge in [0.05, 0.1) is 18.2 Å². The fourth-order valence-corrected chi connectivity index (χ4v) is 6.31. The monoisotopic (exact) mass is 653 g/mol. The molecule has 0 atom stereocenters. The van der Waals surface area contributed by atoms with Crippen LogP contribution in [0.25, 0.3) is 17.0 Å². The summed E-state index contributed by atoms with van der Waals surface area (Å²) in [5.74, 6) is 0.227. The molecule has 2 aliphatic rings. The maximum atomic E-state index is 15.1. The van der Waals surface area contributed by atoms with Crippen LogP contribution in [-0.4, -0.2) is 73.8 Å². The number of carbonyl (C=O) groups is 3. The molecular weight excluding hydrogens is 613 g/mol. The molecule has 0 bridgehead atoms. The average molecular weight is 654 g/mol. The first-order valence-corrected chi connectivity index (χ1v) is 16.2. The minimum atomic E-state index is -0.508. The molecular formula is C37H40FN5O5. The summed E-state index contributed by atoms with van der Waals surface area (Å²) in [4.78, 5) is 46.1. The van der Waals surface area contributed by atoms with E-state index in [4.69, 9.17) is 9.47 Å². The number of hydrogen-bond donors (Lipinski definition) is 3. The summed E-state index contributed by atoms with van der Waals surface area (Å²) >= 11 is 0. The molecule has 4 aromatic rings. The summed E-state index contributed by atoms with van der Waals surface area (Å²) in [6, 6.07) is 14.1. The van der Waals surface area contributed by atoms with E-state index in [-0.39, 0.29) is 23.4 Å². The standard InChI is InChI=1S/C37H40FN5O5/c1-42(2)16-17-43(3)36(45)23-10-12-24(13-11-23)39-37(46)40-25-14-15-31-29(18-25)35(44)32(48-31)21-28-27-19-26(47-4)20-30(38)34(27)41-33(28)22-8-6-5-7-9-22/h10-15,18-22,41H,5-9,16-17H2,1-4H3,(H2,39,40,46). The highest BCUT2D eigenvalue weighted by atomic mass is 19.1. The zero-order valence-corrected chi connectivity index (χ0v) is 27.6. The predicted molar refractivity (Wildman–Crippen MR) is 185 cm³/mol. The van der Waals surface area contributed by atoms with E-state index in [0.717, 1.165) is 43.5 Å². The van der Waals surface area contributed by atoms with Gasteiger partial charge < -0.3 is 34.9 Å². The molecule has 0 saturated heterocycles. The van der Waals surface area contributed by atoms with E-state index in [1.54, 1.807) is 66.6 Å². The van der Waals surface area contributed by atoms with E-state index in [1.165, 1.54) is 19.6 Å². The Morgan fingerprint density at radius 3 is 2.40 bits per heavy atom. The lowest BCUT2D eigenvalue weighted by Crippen LogP contribution is -2.33. The molecule has 48 heavy (non-hydrogen) atoms. The van der Waals surface area contributed by atoms with Crippen molar-refractivity contribution in [3.63, 3.8) is 0 Å². The molecule has 0 spiro atoms. The Labute approximate surface area is 278 Å². The number of nitrogens with zero attached hydrogens (tertiary/aromatic N) is 2. The third-order valence-corrected chi connectivity index (χ3v) is 8.97. The topological polar surface area (TPSA) is 116 Å². The van der Waals surface area contributed by atoms with Gasteiger partial charge in [-0.3, -0.25) is 9.59 Å². The van der Waals surface area contributed by atoms with Gasteiger partial charge in [0.25, 0.3) is 5.91 Å². The first-order chi connectivity index (χ1) is 23.1. The van der Waals surface area contributed by atoms with Crippen molar-refractivity contribution in [2.45, 2.75) is 38.0 Å². The van der Waals surface area contributed by atoms with Crippen LogP contribution < -0.4 is 20.1 Å². The number of H-pyrrole nitrogens is 1. The van der Waals surface area contributed by atoms with Crippen molar-refractivity contribution in [1.82, 2.24) is 14.8 Å². The lowest BCUT2D eigenvalue weighted by Gasteiger charge is -2.21. The van der Waals surface area contributed by atoms with Crippen molar-refractivity contribution in [3.05, 3.63) is 88.6 Å². The van der Waals surface area contributed by atoms with Crippen LogP contribution in [0.4, 0.5) is 20.6 Å². The van der Waals surface area contributed by atoms with Crippen LogP contribution in [0.3, 0.4) is 0 Å². The van der Waals surface area contributed by atoms with E-state index in [9.17, 15) is 14.4 Å². The van der Waals surface area contributed by atoms with Crippen molar-refractivity contribution < 1.29 is 28.2 Å². The van der Waals surface area contributed by atoms with E-state index < -0.39 is 11.8 Å². The number of methoxy groups -OCH3 is 1. The normalized spacial score (nSPS) is 15.5. The number of carbonyl (C=O) groups excluding carboxylic acids is 3. The molecule has 2 heterocycles. The number of benzene rings is 3. The number of amides is 3. The Morgan fingerprint density at radius 1 is 0.979 bits per heavy atom. The third kappa shape index (κ3) is 6.91. The van der Waals surface area contributed by atoms with Gasteiger partial charge in [-0.2, -0.15) is 0 Å². The quantitative estimate of drug-likeness (QED) is 0.164. The third-order valence-electron chi connectivity index (χ3n) is 8.97. The zero-order chi connectivity index (χ0) is 33.9. The summed E-state index contributed by atoms with van der Waals surface area (Å²) in [6.07, 6.45) is 6.99. The van der Waals surface area contributed by atoms with Crippen molar-refractivity contribution in [3.8, 4) is 11.5 Å². The highest BCUT2D eigenvalue weighted by Crippen LogP contribution is 2.41. The van der Waals surface area contributed by atoms with Crippen LogP contribution >= 0.6 is 0 Å². The molecule has 6 rings (SSSR count). The van der Waals surface area contributed by atoms with E-state index in [1.807, 2.05) is 19.0 Å². The molecule has 1 fully saturated rings. The zero-order valence-electron chi connectivity index (χ0n) is 27.6. The molecule has 0 radical (unpaired) electrons. The second-order valence-electron chi connectivity index (χ2n) is 12.7. The molecule has 1 aliphatic carbocycles. The maximum Gasteiger partial charge on any atom is 0.323 e. The SMILES string of the molecule is COc1cc(F)c2[nH]c(C3CCCCC3)c(C=C3Oc4ccc(NC(=O)Nc5ccc(C(=O)N(C)CCN(C)C)cc5)cc4C3=O)c2c1. The van der Waals surface area contributed by atoms with Gasteiger partial charge >= 0.3 is 6.03 Å². The van der Waals surface area contributed by atoms with Crippen LogP contribution in [0, 0.1) is 5.82 Å². The molecule has 1 aliphatic heterocycles. The second-order valence-corrected chi connectivity index (χ2v) is 12.7. The summed E-state index contributed by atoms with van der Waals surface area (Å²) in [6.45, 7) is 1.35. The number of ether oxygens (including phenoxy) is 2. The predicted octanol–water partition coefficient (Wildman–Crippen LogP) is 7.26. The van der Waals surface area contributed by atoms with Gasteiger partial charge in [0.2, 0.25) is 5.78 Å². The van der Waals surface area contributed by atoms with Crippen molar-refractivity contribution >= 4 is 46.1 Å². The van der Waals surface area contributed by atoms with Gasteiger partial charge in [-0.05, 0) is 87.5 Å². The number of ketones is 1. The number of likely N-dealkylation sites (N-methyl/N-ethyl adjacent to an activating group) is 2. The first kappa shape index (κ1) is 32.8. The number of aromatic nitrogens is 1. The fourth-order valence-electron chi connectivity index (χ4n) is 6.31. The molecule has 3 aromatic carbocycles. The molecule has 1 aromatic heterocycles. The highest BCUT2D eigenvalue weighted by molar-refractivity contribution is 6.16. The Kier molecular flexibility index (Phi) is 9.49. The Hall–Kier alpha value is -5.16.